The number of carboxylic acid groups (broad SMARTS) is 1. The van der Waals surface area contributed by atoms with Crippen LogP contribution in [-0.4, -0.2) is 22.5 Å². The summed E-state index contributed by atoms with van der Waals surface area (Å²) < 4.78 is 0. The van der Waals surface area contributed by atoms with Crippen molar-refractivity contribution in [3.63, 3.8) is 0 Å². The van der Waals surface area contributed by atoms with Crippen molar-refractivity contribution >= 4 is 22.6 Å². The van der Waals surface area contributed by atoms with Crippen LogP contribution in [0.25, 0.3) is 10.8 Å². The van der Waals surface area contributed by atoms with Gasteiger partial charge in [0.25, 0.3) is 0 Å². The summed E-state index contributed by atoms with van der Waals surface area (Å²) in [5.41, 5.74) is 0.413. The van der Waals surface area contributed by atoms with Gasteiger partial charge in [0.15, 0.2) is 0 Å². The fraction of sp³-hybridized carbons (Fsp3) is 0.368. The largest absolute Gasteiger partial charge is 0.481 e. The minimum Gasteiger partial charge on any atom is -0.481 e. The quantitative estimate of drug-likeness (QED) is 0.854. The lowest BCUT2D eigenvalue weighted by Crippen LogP contribution is -2.45. The van der Waals surface area contributed by atoms with Crippen LogP contribution in [0.4, 0.5) is 0 Å². The number of aliphatic carboxylic acids is 1. The van der Waals surface area contributed by atoms with Crippen LogP contribution in [0.2, 0.25) is 0 Å². The molecule has 4 heteroatoms. The summed E-state index contributed by atoms with van der Waals surface area (Å²) in [6.07, 6.45) is 0.441. The molecule has 4 nitrogen and oxygen atoms in total. The Morgan fingerprint density at radius 2 is 1.78 bits per heavy atom. The van der Waals surface area contributed by atoms with E-state index in [2.05, 4.69) is 5.32 Å². The van der Waals surface area contributed by atoms with Gasteiger partial charge < -0.3 is 10.4 Å². The smallest absolute Gasteiger partial charge is 0.303 e. The van der Waals surface area contributed by atoms with Gasteiger partial charge in [0, 0.05) is 12.0 Å². The molecule has 0 aliphatic heterocycles. The Balaban J connectivity index is 2.10. The van der Waals surface area contributed by atoms with Crippen molar-refractivity contribution in [2.45, 2.75) is 45.1 Å². The van der Waals surface area contributed by atoms with Crippen molar-refractivity contribution in [1.82, 2.24) is 5.32 Å². The van der Waals surface area contributed by atoms with E-state index in [4.69, 9.17) is 5.11 Å². The first-order valence-electron chi connectivity index (χ1n) is 7.81. The molecular formula is C19H23NO3. The lowest BCUT2D eigenvalue weighted by molar-refractivity contribution is -0.137. The van der Waals surface area contributed by atoms with Crippen LogP contribution in [0.5, 0.6) is 0 Å². The van der Waals surface area contributed by atoms with Gasteiger partial charge in [0.1, 0.15) is 0 Å². The Morgan fingerprint density at radius 3 is 2.43 bits per heavy atom. The van der Waals surface area contributed by atoms with Crippen molar-refractivity contribution in [3.05, 3.63) is 48.0 Å². The number of carboxylic acids is 1. The summed E-state index contributed by atoms with van der Waals surface area (Å²) in [4.78, 5) is 23.2. The molecule has 0 saturated carbocycles. The summed E-state index contributed by atoms with van der Waals surface area (Å²) in [6, 6.07) is 14.1. The van der Waals surface area contributed by atoms with Gasteiger partial charge in [-0.1, -0.05) is 42.5 Å². The second kappa shape index (κ2) is 6.82. The third-order valence-electron chi connectivity index (χ3n) is 4.09. The van der Waals surface area contributed by atoms with E-state index in [9.17, 15) is 9.59 Å². The highest BCUT2D eigenvalue weighted by atomic mass is 16.4. The van der Waals surface area contributed by atoms with Crippen LogP contribution in [0.1, 0.15) is 45.1 Å². The predicted octanol–water partition coefficient (Wildman–Crippen LogP) is 3.70. The fourth-order valence-electron chi connectivity index (χ4n) is 2.55. The van der Waals surface area contributed by atoms with E-state index in [-0.39, 0.29) is 18.2 Å². The van der Waals surface area contributed by atoms with Gasteiger partial charge >= 0.3 is 5.97 Å². The Labute approximate surface area is 136 Å². The second-order valence-corrected chi connectivity index (χ2v) is 6.60. The van der Waals surface area contributed by atoms with E-state index in [0.29, 0.717) is 6.42 Å². The first-order chi connectivity index (χ1) is 10.8. The van der Waals surface area contributed by atoms with Crippen molar-refractivity contribution < 1.29 is 14.7 Å². The monoisotopic (exact) mass is 313 g/mol. The van der Waals surface area contributed by atoms with Crippen LogP contribution in [0.15, 0.2) is 42.5 Å². The summed E-state index contributed by atoms with van der Waals surface area (Å²) >= 11 is 0. The molecule has 2 rings (SSSR count). The highest BCUT2D eigenvalue weighted by molar-refractivity contribution is 5.88. The zero-order chi connectivity index (χ0) is 17.0. The Morgan fingerprint density at radius 1 is 1.13 bits per heavy atom. The average molecular weight is 313 g/mol. The second-order valence-electron chi connectivity index (χ2n) is 6.60. The maximum Gasteiger partial charge on any atom is 0.303 e. The molecule has 1 atom stereocenters. The van der Waals surface area contributed by atoms with E-state index in [1.165, 1.54) is 0 Å². The third-order valence-corrected chi connectivity index (χ3v) is 4.09. The van der Waals surface area contributed by atoms with Gasteiger partial charge in [-0.05, 0) is 43.5 Å². The SMILES string of the molecule is CC(C(=O)NC(C)(C)CCC(=O)O)c1ccc2ccccc2c1. The molecule has 0 spiro atoms. The van der Waals surface area contributed by atoms with Gasteiger partial charge in [-0.15, -0.1) is 0 Å². The van der Waals surface area contributed by atoms with E-state index >= 15 is 0 Å². The first-order valence-corrected chi connectivity index (χ1v) is 7.81. The maximum atomic E-state index is 12.5. The molecule has 0 bridgehead atoms. The van der Waals surface area contributed by atoms with Crippen LogP contribution >= 0.6 is 0 Å². The molecule has 0 radical (unpaired) electrons. The van der Waals surface area contributed by atoms with Gasteiger partial charge in [0.05, 0.1) is 5.92 Å². The zero-order valence-corrected chi connectivity index (χ0v) is 13.8. The summed E-state index contributed by atoms with van der Waals surface area (Å²) in [5.74, 6) is -1.23. The van der Waals surface area contributed by atoms with Gasteiger partial charge in [-0.2, -0.15) is 0 Å². The molecule has 1 unspecified atom stereocenters. The number of rotatable bonds is 6. The van der Waals surface area contributed by atoms with E-state index in [0.717, 1.165) is 16.3 Å². The number of hydrogen-bond donors (Lipinski definition) is 2. The maximum absolute atomic E-state index is 12.5. The van der Waals surface area contributed by atoms with Crippen LogP contribution in [0.3, 0.4) is 0 Å². The Kier molecular flexibility index (Phi) is 5.04. The van der Waals surface area contributed by atoms with Gasteiger partial charge in [-0.25, -0.2) is 0 Å². The Hall–Kier alpha value is -2.36. The Bertz CT molecular complexity index is 721. The van der Waals surface area contributed by atoms with E-state index < -0.39 is 11.5 Å². The zero-order valence-electron chi connectivity index (χ0n) is 13.8. The van der Waals surface area contributed by atoms with Crippen LogP contribution in [-0.2, 0) is 9.59 Å². The van der Waals surface area contributed by atoms with Crippen molar-refractivity contribution in [1.29, 1.82) is 0 Å². The molecule has 1 amide bonds. The van der Waals surface area contributed by atoms with Gasteiger partial charge in [0.2, 0.25) is 5.91 Å². The molecular weight excluding hydrogens is 290 g/mol. The first kappa shape index (κ1) is 17.0. The van der Waals surface area contributed by atoms with Crippen molar-refractivity contribution in [2.75, 3.05) is 0 Å². The molecule has 122 valence electrons. The predicted molar refractivity (Wildman–Crippen MR) is 91.5 cm³/mol. The molecule has 2 aromatic carbocycles. The molecule has 0 aliphatic carbocycles. The van der Waals surface area contributed by atoms with Crippen molar-refractivity contribution in [3.8, 4) is 0 Å². The summed E-state index contributed by atoms with van der Waals surface area (Å²) in [6.45, 7) is 5.56. The number of amides is 1. The number of nitrogens with one attached hydrogen (secondary N) is 1. The summed E-state index contributed by atoms with van der Waals surface area (Å²) in [5, 5.41) is 14.0. The van der Waals surface area contributed by atoms with Crippen molar-refractivity contribution in [2.24, 2.45) is 0 Å². The lowest BCUT2D eigenvalue weighted by atomic mass is 9.93. The molecule has 0 aliphatic rings. The number of hydrogen-bond acceptors (Lipinski definition) is 2. The van der Waals surface area contributed by atoms with E-state index in [1.54, 1.807) is 0 Å². The van der Waals surface area contributed by atoms with Crippen LogP contribution in [0, 0.1) is 0 Å². The lowest BCUT2D eigenvalue weighted by Gasteiger charge is -2.27. The molecule has 23 heavy (non-hydrogen) atoms. The number of carbonyl (C=O) groups is 2. The normalized spacial score (nSPS) is 12.8. The number of carbonyl (C=O) groups excluding carboxylic acids is 1. The number of fused-ring (bicyclic) bond motifs is 1. The van der Waals surface area contributed by atoms with E-state index in [1.807, 2.05) is 63.2 Å². The summed E-state index contributed by atoms with van der Waals surface area (Å²) in [7, 11) is 0. The van der Waals surface area contributed by atoms with Crippen LogP contribution < -0.4 is 5.32 Å². The average Bonchev–Trinajstić information content (AvgIpc) is 2.51. The third kappa shape index (κ3) is 4.55. The molecule has 0 aromatic heterocycles. The highest BCUT2D eigenvalue weighted by Crippen LogP contribution is 2.23. The molecule has 0 fully saturated rings. The standard InChI is InChI=1S/C19H23NO3/c1-13(18(23)20-19(2,3)11-10-17(21)22)15-9-8-14-6-4-5-7-16(14)12-15/h4-9,12-13H,10-11H2,1-3H3,(H,20,23)(H,21,22). The molecule has 0 saturated heterocycles. The van der Waals surface area contributed by atoms with Gasteiger partial charge in [-0.3, -0.25) is 9.59 Å². The minimum atomic E-state index is -0.852. The highest BCUT2D eigenvalue weighted by Gasteiger charge is 2.25. The number of benzene rings is 2. The molecule has 2 N–H and O–H groups in total. The molecule has 0 heterocycles. The minimum absolute atomic E-state index is 0.0393. The molecule has 2 aromatic rings. The topological polar surface area (TPSA) is 66.4 Å². The fourth-order valence-corrected chi connectivity index (χ4v) is 2.55.